The van der Waals surface area contributed by atoms with Crippen LogP contribution in [0.5, 0.6) is 0 Å². The number of rotatable bonds is 4. The van der Waals surface area contributed by atoms with Gasteiger partial charge in [-0.25, -0.2) is 4.98 Å². The molecule has 0 saturated heterocycles. The van der Waals surface area contributed by atoms with Gasteiger partial charge in [-0.05, 0) is 26.0 Å². The number of amides is 2. The number of halogens is 2. The highest BCUT2D eigenvalue weighted by atomic mass is 35.5. The van der Waals surface area contributed by atoms with E-state index < -0.39 is 5.91 Å². The smallest absolute Gasteiger partial charge is 0.254 e. The molecule has 0 spiro atoms. The van der Waals surface area contributed by atoms with Gasteiger partial charge in [0.25, 0.3) is 5.91 Å². The summed E-state index contributed by atoms with van der Waals surface area (Å²) in [5, 5.41) is 0.238. The number of pyridine rings is 1. The van der Waals surface area contributed by atoms with E-state index in [9.17, 15) is 9.59 Å². The average Bonchev–Trinajstić information content (AvgIpc) is 2.23. The van der Waals surface area contributed by atoms with Gasteiger partial charge in [-0.3, -0.25) is 9.59 Å². The van der Waals surface area contributed by atoms with Crippen molar-refractivity contribution in [1.82, 2.24) is 9.88 Å². The van der Waals surface area contributed by atoms with Gasteiger partial charge < -0.3 is 10.6 Å². The SMILES string of the molecule is CC(C)N(CC(N)=O)C(=O)c1cc(Cl)nc(Cl)c1. The summed E-state index contributed by atoms with van der Waals surface area (Å²) in [7, 11) is 0. The number of aromatic nitrogens is 1. The zero-order valence-corrected chi connectivity index (χ0v) is 11.5. The van der Waals surface area contributed by atoms with Crippen molar-refractivity contribution in [2.24, 2.45) is 5.73 Å². The van der Waals surface area contributed by atoms with Crippen LogP contribution in [0.15, 0.2) is 12.1 Å². The first-order valence-electron chi connectivity index (χ1n) is 5.23. The minimum atomic E-state index is -0.580. The predicted octanol–water partition coefficient (Wildman–Crippen LogP) is 1.72. The van der Waals surface area contributed by atoms with Gasteiger partial charge in [0, 0.05) is 11.6 Å². The molecule has 0 fully saturated rings. The van der Waals surface area contributed by atoms with Crippen LogP contribution in [-0.2, 0) is 4.79 Å². The molecule has 1 aromatic rings. The maximum Gasteiger partial charge on any atom is 0.254 e. The van der Waals surface area contributed by atoms with E-state index in [1.807, 2.05) is 0 Å². The number of carbonyl (C=O) groups is 2. The third-order valence-corrected chi connectivity index (χ3v) is 2.61. The normalized spacial score (nSPS) is 10.5. The van der Waals surface area contributed by atoms with Gasteiger partial charge in [0.15, 0.2) is 0 Å². The highest BCUT2D eigenvalue weighted by molar-refractivity contribution is 6.33. The fourth-order valence-electron chi connectivity index (χ4n) is 1.41. The summed E-state index contributed by atoms with van der Waals surface area (Å²) in [6.45, 7) is 3.41. The molecule has 18 heavy (non-hydrogen) atoms. The van der Waals surface area contributed by atoms with E-state index in [0.29, 0.717) is 0 Å². The van der Waals surface area contributed by atoms with E-state index in [-0.39, 0.29) is 34.4 Å². The quantitative estimate of drug-likeness (QED) is 0.858. The molecule has 0 atom stereocenters. The first-order chi connectivity index (χ1) is 8.31. The van der Waals surface area contributed by atoms with Gasteiger partial charge in [0.2, 0.25) is 5.91 Å². The Bertz CT molecular complexity index is 457. The summed E-state index contributed by atoms with van der Waals surface area (Å²) in [5.41, 5.74) is 5.38. The van der Waals surface area contributed by atoms with Crippen LogP contribution in [0.3, 0.4) is 0 Å². The molecule has 0 unspecified atom stereocenters. The van der Waals surface area contributed by atoms with E-state index in [1.54, 1.807) is 13.8 Å². The zero-order valence-electron chi connectivity index (χ0n) is 9.98. The molecule has 1 rings (SSSR count). The fourth-order valence-corrected chi connectivity index (χ4v) is 1.87. The molecule has 0 aliphatic heterocycles. The maximum atomic E-state index is 12.2. The second-order valence-corrected chi connectivity index (χ2v) is 4.77. The first-order valence-corrected chi connectivity index (χ1v) is 5.99. The van der Waals surface area contributed by atoms with Gasteiger partial charge in [-0.2, -0.15) is 0 Å². The third-order valence-electron chi connectivity index (χ3n) is 2.22. The minimum Gasteiger partial charge on any atom is -0.368 e. The summed E-state index contributed by atoms with van der Waals surface area (Å²) in [6, 6.07) is 2.62. The Labute approximate surface area is 115 Å². The molecule has 0 radical (unpaired) electrons. The second-order valence-electron chi connectivity index (χ2n) is 3.99. The van der Waals surface area contributed by atoms with Crippen molar-refractivity contribution in [3.63, 3.8) is 0 Å². The topological polar surface area (TPSA) is 76.3 Å². The highest BCUT2D eigenvalue weighted by Gasteiger charge is 2.21. The molecule has 2 amide bonds. The van der Waals surface area contributed by atoms with Gasteiger partial charge in [-0.1, -0.05) is 23.2 Å². The summed E-state index contributed by atoms with van der Waals surface area (Å²) in [4.78, 5) is 28.2. The summed E-state index contributed by atoms with van der Waals surface area (Å²) < 4.78 is 0. The molecule has 5 nitrogen and oxygen atoms in total. The molecule has 1 aromatic heterocycles. The van der Waals surface area contributed by atoms with Crippen LogP contribution in [0.2, 0.25) is 10.3 Å². The largest absolute Gasteiger partial charge is 0.368 e. The number of nitrogens with zero attached hydrogens (tertiary/aromatic N) is 2. The Morgan fingerprint density at radius 1 is 1.33 bits per heavy atom. The lowest BCUT2D eigenvalue weighted by Gasteiger charge is -2.25. The molecule has 98 valence electrons. The van der Waals surface area contributed by atoms with Gasteiger partial charge in [0.1, 0.15) is 10.3 Å². The van der Waals surface area contributed by atoms with Crippen molar-refractivity contribution >= 4 is 35.0 Å². The van der Waals surface area contributed by atoms with E-state index in [1.165, 1.54) is 17.0 Å². The Hall–Kier alpha value is -1.33. The Morgan fingerprint density at radius 2 is 1.83 bits per heavy atom. The lowest BCUT2D eigenvalue weighted by molar-refractivity contribution is -0.119. The molecular formula is C11H13Cl2N3O2. The summed E-state index contributed by atoms with van der Waals surface area (Å²) in [6.07, 6.45) is 0. The average molecular weight is 290 g/mol. The number of hydrogen-bond donors (Lipinski definition) is 1. The van der Waals surface area contributed by atoms with E-state index in [2.05, 4.69) is 4.98 Å². The number of hydrogen-bond acceptors (Lipinski definition) is 3. The monoisotopic (exact) mass is 289 g/mol. The molecule has 7 heteroatoms. The first kappa shape index (κ1) is 14.7. The van der Waals surface area contributed by atoms with Crippen LogP contribution in [-0.4, -0.2) is 34.3 Å². The molecule has 1 heterocycles. The van der Waals surface area contributed by atoms with Crippen molar-refractivity contribution in [2.75, 3.05) is 6.54 Å². The van der Waals surface area contributed by atoms with Crippen molar-refractivity contribution in [1.29, 1.82) is 0 Å². The number of carbonyl (C=O) groups excluding carboxylic acids is 2. The Morgan fingerprint density at radius 3 is 2.22 bits per heavy atom. The van der Waals surface area contributed by atoms with Gasteiger partial charge in [0.05, 0.1) is 6.54 Å². The van der Waals surface area contributed by atoms with Crippen LogP contribution in [0.25, 0.3) is 0 Å². The molecule has 0 bridgehead atoms. The summed E-state index contributed by atoms with van der Waals surface area (Å²) in [5.74, 6) is -0.946. The lowest BCUT2D eigenvalue weighted by Crippen LogP contribution is -2.42. The van der Waals surface area contributed by atoms with E-state index in [4.69, 9.17) is 28.9 Å². The molecule has 0 aromatic carbocycles. The lowest BCUT2D eigenvalue weighted by atomic mass is 10.2. The van der Waals surface area contributed by atoms with Crippen LogP contribution in [0.4, 0.5) is 0 Å². The minimum absolute atomic E-state index is 0.119. The van der Waals surface area contributed by atoms with Crippen LogP contribution in [0, 0.1) is 0 Å². The summed E-state index contributed by atoms with van der Waals surface area (Å²) >= 11 is 11.5. The van der Waals surface area contributed by atoms with Gasteiger partial charge >= 0.3 is 0 Å². The fraction of sp³-hybridized carbons (Fsp3) is 0.364. The van der Waals surface area contributed by atoms with Gasteiger partial charge in [-0.15, -0.1) is 0 Å². The van der Waals surface area contributed by atoms with Crippen molar-refractivity contribution in [3.05, 3.63) is 28.0 Å². The van der Waals surface area contributed by atoms with Crippen molar-refractivity contribution in [3.8, 4) is 0 Å². The number of nitrogens with two attached hydrogens (primary N) is 1. The zero-order chi connectivity index (χ0) is 13.9. The highest BCUT2D eigenvalue weighted by Crippen LogP contribution is 2.17. The Kier molecular flexibility index (Phi) is 4.93. The van der Waals surface area contributed by atoms with E-state index >= 15 is 0 Å². The second kappa shape index (κ2) is 6.02. The molecular weight excluding hydrogens is 277 g/mol. The van der Waals surface area contributed by atoms with Crippen LogP contribution >= 0.6 is 23.2 Å². The van der Waals surface area contributed by atoms with Crippen LogP contribution < -0.4 is 5.73 Å². The third kappa shape index (κ3) is 3.85. The van der Waals surface area contributed by atoms with Crippen molar-refractivity contribution in [2.45, 2.75) is 19.9 Å². The molecule has 2 N–H and O–H groups in total. The Balaban J connectivity index is 3.05. The predicted molar refractivity (Wildman–Crippen MR) is 69.6 cm³/mol. The van der Waals surface area contributed by atoms with E-state index in [0.717, 1.165) is 0 Å². The van der Waals surface area contributed by atoms with Crippen molar-refractivity contribution < 1.29 is 9.59 Å². The molecule has 0 aliphatic carbocycles. The number of primary amides is 1. The van der Waals surface area contributed by atoms with Crippen LogP contribution in [0.1, 0.15) is 24.2 Å². The molecule has 0 aliphatic rings. The molecule has 0 saturated carbocycles. The standard InChI is InChI=1S/C11H13Cl2N3O2/c1-6(2)16(5-10(14)17)11(18)7-3-8(12)15-9(13)4-7/h3-4,6H,5H2,1-2H3,(H2,14,17). The maximum absolute atomic E-state index is 12.2.